The predicted octanol–water partition coefficient (Wildman–Crippen LogP) is 3.17. The minimum Gasteiger partial charge on any atom is -0.467 e. The standard InChI is InChI=1S/C18H16BrF2NO3/c1-25-18(24)16(8-11-2-5-13(19)6-3-11)22-17(23)9-12-4-7-14(20)10-15(12)21/h2-7,10,16H,8-9H2,1H3,(H,22,23)/t16-/m1/s1. The number of hydrogen-bond acceptors (Lipinski definition) is 3. The van der Waals surface area contributed by atoms with Gasteiger partial charge in [0.1, 0.15) is 17.7 Å². The Bertz CT molecular complexity index is 765. The van der Waals surface area contributed by atoms with Crippen molar-refractivity contribution in [2.75, 3.05) is 7.11 Å². The molecule has 0 bridgehead atoms. The molecule has 1 N–H and O–H groups in total. The number of carbonyl (C=O) groups is 2. The van der Waals surface area contributed by atoms with Crippen LogP contribution < -0.4 is 5.32 Å². The van der Waals surface area contributed by atoms with Gasteiger partial charge in [0.15, 0.2) is 0 Å². The second-order valence-electron chi connectivity index (χ2n) is 5.39. The molecule has 0 saturated carbocycles. The molecule has 132 valence electrons. The summed E-state index contributed by atoms with van der Waals surface area (Å²) in [5.74, 6) is -2.68. The molecule has 0 aliphatic carbocycles. The lowest BCUT2D eigenvalue weighted by Gasteiger charge is -2.17. The van der Waals surface area contributed by atoms with Gasteiger partial charge in [-0.15, -0.1) is 0 Å². The van der Waals surface area contributed by atoms with Crippen LogP contribution in [0.25, 0.3) is 0 Å². The SMILES string of the molecule is COC(=O)[C@@H](Cc1ccc(Br)cc1)NC(=O)Cc1ccc(F)cc1F. The predicted molar refractivity (Wildman–Crippen MR) is 91.9 cm³/mol. The molecule has 2 rings (SSSR count). The Morgan fingerprint density at radius 3 is 2.44 bits per heavy atom. The second kappa shape index (κ2) is 8.71. The van der Waals surface area contributed by atoms with Gasteiger partial charge < -0.3 is 10.1 Å². The Morgan fingerprint density at radius 2 is 1.84 bits per heavy atom. The van der Waals surface area contributed by atoms with E-state index in [2.05, 4.69) is 21.2 Å². The van der Waals surface area contributed by atoms with Crippen molar-refractivity contribution in [3.63, 3.8) is 0 Å². The van der Waals surface area contributed by atoms with E-state index in [1.54, 1.807) is 0 Å². The largest absolute Gasteiger partial charge is 0.467 e. The topological polar surface area (TPSA) is 55.4 Å². The Labute approximate surface area is 152 Å². The molecule has 4 nitrogen and oxygen atoms in total. The van der Waals surface area contributed by atoms with Crippen LogP contribution in [0, 0.1) is 11.6 Å². The molecule has 0 spiro atoms. The van der Waals surface area contributed by atoms with Crippen LogP contribution in [0.4, 0.5) is 8.78 Å². The Morgan fingerprint density at radius 1 is 1.16 bits per heavy atom. The van der Waals surface area contributed by atoms with Crippen LogP contribution in [0.2, 0.25) is 0 Å². The number of amides is 1. The Hall–Kier alpha value is -2.28. The number of methoxy groups -OCH3 is 1. The zero-order valence-corrected chi connectivity index (χ0v) is 15.0. The van der Waals surface area contributed by atoms with Crippen molar-refractivity contribution < 1.29 is 23.1 Å². The molecule has 0 unspecified atom stereocenters. The van der Waals surface area contributed by atoms with E-state index in [9.17, 15) is 18.4 Å². The van der Waals surface area contributed by atoms with Crippen molar-refractivity contribution in [1.29, 1.82) is 0 Å². The first-order chi connectivity index (χ1) is 11.9. The molecule has 0 radical (unpaired) electrons. The van der Waals surface area contributed by atoms with Crippen LogP contribution in [-0.2, 0) is 27.2 Å². The molecule has 0 aliphatic rings. The fourth-order valence-electron chi connectivity index (χ4n) is 2.28. The van der Waals surface area contributed by atoms with Crippen molar-refractivity contribution >= 4 is 27.8 Å². The number of esters is 1. The van der Waals surface area contributed by atoms with Gasteiger partial charge >= 0.3 is 5.97 Å². The lowest BCUT2D eigenvalue weighted by atomic mass is 10.1. The average molecular weight is 412 g/mol. The number of carbonyl (C=O) groups excluding carboxylic acids is 2. The number of hydrogen-bond donors (Lipinski definition) is 1. The summed E-state index contributed by atoms with van der Waals surface area (Å²) in [6, 6.07) is 9.35. The summed E-state index contributed by atoms with van der Waals surface area (Å²) in [6.07, 6.45) is -0.0719. The van der Waals surface area contributed by atoms with Crippen LogP contribution >= 0.6 is 15.9 Å². The van der Waals surface area contributed by atoms with Gasteiger partial charge in [-0.05, 0) is 29.3 Å². The van der Waals surface area contributed by atoms with E-state index in [0.717, 1.165) is 16.1 Å². The third kappa shape index (κ3) is 5.63. The molecule has 2 aromatic carbocycles. The number of halogens is 3. The highest BCUT2D eigenvalue weighted by Crippen LogP contribution is 2.13. The van der Waals surface area contributed by atoms with Crippen LogP contribution in [0.1, 0.15) is 11.1 Å². The molecule has 0 aromatic heterocycles. The smallest absolute Gasteiger partial charge is 0.328 e. The highest BCUT2D eigenvalue weighted by molar-refractivity contribution is 9.10. The summed E-state index contributed by atoms with van der Waals surface area (Å²) in [6.45, 7) is 0. The molecule has 0 aliphatic heterocycles. The number of rotatable bonds is 6. The van der Waals surface area contributed by atoms with Crippen LogP contribution in [0.3, 0.4) is 0 Å². The van der Waals surface area contributed by atoms with Crippen molar-refractivity contribution in [3.05, 3.63) is 69.7 Å². The third-order valence-electron chi connectivity index (χ3n) is 3.54. The first-order valence-electron chi connectivity index (χ1n) is 7.44. The highest BCUT2D eigenvalue weighted by atomic mass is 79.9. The summed E-state index contributed by atoms with van der Waals surface area (Å²) in [5, 5.41) is 2.54. The first-order valence-corrected chi connectivity index (χ1v) is 8.24. The molecule has 0 heterocycles. The number of benzene rings is 2. The minimum absolute atomic E-state index is 0.0474. The lowest BCUT2D eigenvalue weighted by Crippen LogP contribution is -2.43. The van der Waals surface area contributed by atoms with Crippen molar-refractivity contribution in [3.8, 4) is 0 Å². The second-order valence-corrected chi connectivity index (χ2v) is 6.30. The monoisotopic (exact) mass is 411 g/mol. The van der Waals surface area contributed by atoms with E-state index in [1.165, 1.54) is 13.2 Å². The van der Waals surface area contributed by atoms with Crippen molar-refractivity contribution in [1.82, 2.24) is 5.32 Å². The summed E-state index contributed by atoms with van der Waals surface area (Å²) in [4.78, 5) is 24.1. The Kier molecular flexibility index (Phi) is 6.64. The van der Waals surface area contributed by atoms with Gasteiger partial charge in [-0.2, -0.15) is 0 Å². The van der Waals surface area contributed by atoms with Crippen LogP contribution in [0.15, 0.2) is 46.9 Å². The lowest BCUT2D eigenvalue weighted by molar-refractivity contribution is -0.145. The maximum atomic E-state index is 13.6. The summed E-state index contributed by atoms with van der Waals surface area (Å²) >= 11 is 3.32. The van der Waals surface area contributed by atoms with Crippen LogP contribution in [0.5, 0.6) is 0 Å². The first kappa shape index (κ1) is 19.1. The minimum atomic E-state index is -0.901. The normalized spacial score (nSPS) is 11.7. The molecule has 1 amide bonds. The number of nitrogens with one attached hydrogen (secondary N) is 1. The van der Waals surface area contributed by atoms with E-state index in [4.69, 9.17) is 4.74 Å². The Balaban J connectivity index is 2.06. The summed E-state index contributed by atoms with van der Waals surface area (Å²) < 4.78 is 32.2. The quantitative estimate of drug-likeness (QED) is 0.742. The fraction of sp³-hybridized carbons (Fsp3) is 0.222. The van der Waals surface area contributed by atoms with E-state index in [0.29, 0.717) is 6.07 Å². The van der Waals surface area contributed by atoms with E-state index in [-0.39, 0.29) is 18.4 Å². The van der Waals surface area contributed by atoms with Gasteiger partial charge in [0.05, 0.1) is 13.5 Å². The molecular formula is C18H16BrF2NO3. The maximum absolute atomic E-state index is 13.6. The molecule has 0 saturated heterocycles. The van der Waals surface area contributed by atoms with Gasteiger partial charge in [0.2, 0.25) is 5.91 Å². The molecule has 7 heteroatoms. The maximum Gasteiger partial charge on any atom is 0.328 e. The zero-order chi connectivity index (χ0) is 18.4. The van der Waals surface area contributed by atoms with E-state index < -0.39 is 29.6 Å². The molecule has 1 atom stereocenters. The zero-order valence-electron chi connectivity index (χ0n) is 13.4. The number of ether oxygens (including phenoxy) is 1. The van der Waals surface area contributed by atoms with Crippen molar-refractivity contribution in [2.45, 2.75) is 18.9 Å². The van der Waals surface area contributed by atoms with Crippen LogP contribution in [-0.4, -0.2) is 25.0 Å². The summed E-state index contributed by atoms with van der Waals surface area (Å²) in [5.41, 5.74) is 0.873. The van der Waals surface area contributed by atoms with Crippen molar-refractivity contribution in [2.24, 2.45) is 0 Å². The highest BCUT2D eigenvalue weighted by Gasteiger charge is 2.22. The molecular weight excluding hydrogens is 396 g/mol. The molecule has 25 heavy (non-hydrogen) atoms. The third-order valence-corrected chi connectivity index (χ3v) is 4.07. The van der Waals surface area contributed by atoms with Gasteiger partial charge in [0, 0.05) is 17.0 Å². The summed E-state index contributed by atoms with van der Waals surface area (Å²) in [7, 11) is 1.22. The molecule has 0 fully saturated rings. The van der Waals surface area contributed by atoms with E-state index in [1.807, 2.05) is 24.3 Å². The molecule has 2 aromatic rings. The van der Waals surface area contributed by atoms with Gasteiger partial charge in [-0.25, -0.2) is 13.6 Å². The van der Waals surface area contributed by atoms with Gasteiger partial charge in [-0.1, -0.05) is 34.1 Å². The fourth-order valence-corrected chi connectivity index (χ4v) is 2.54. The van der Waals surface area contributed by atoms with Gasteiger partial charge in [-0.3, -0.25) is 4.79 Å². The van der Waals surface area contributed by atoms with Gasteiger partial charge in [0.25, 0.3) is 0 Å². The average Bonchev–Trinajstić information content (AvgIpc) is 2.58. The van der Waals surface area contributed by atoms with E-state index >= 15 is 0 Å².